The van der Waals surface area contributed by atoms with Crippen LogP contribution in [0.5, 0.6) is 0 Å². The Morgan fingerprint density at radius 2 is 1.41 bits per heavy atom. The fourth-order valence-corrected chi connectivity index (χ4v) is 4.14. The number of H-pyrrole nitrogens is 1. The van der Waals surface area contributed by atoms with E-state index in [1.54, 1.807) is 4.57 Å². The Morgan fingerprint density at radius 3 is 2.07 bits per heavy atom. The predicted octanol–water partition coefficient (Wildman–Crippen LogP) is 4.81. The summed E-state index contributed by atoms with van der Waals surface area (Å²) >= 11 is 4.70. The lowest BCUT2D eigenvalue weighted by Crippen LogP contribution is -2.17. The standard InChI is InChI=1S/C24H19N3OS/c28-24-26-22(23(29)27(24)15-16-8-2-1-3-9-16)14-19-17-10-4-6-12-20(17)25-21-13-7-5-11-18(19)21/h1-13,29H,14-15H2,(H,26,28). The van der Waals surface area contributed by atoms with Crippen LogP contribution >= 0.6 is 12.6 Å². The van der Waals surface area contributed by atoms with E-state index in [9.17, 15) is 4.79 Å². The van der Waals surface area contributed by atoms with Crippen LogP contribution in [0.3, 0.4) is 0 Å². The van der Waals surface area contributed by atoms with Crippen molar-refractivity contribution < 1.29 is 0 Å². The molecule has 5 aromatic rings. The molecule has 0 radical (unpaired) electrons. The number of nitrogens with one attached hydrogen (secondary N) is 1. The van der Waals surface area contributed by atoms with Crippen molar-refractivity contribution in [1.82, 2.24) is 14.5 Å². The number of imidazole rings is 1. The molecule has 3 aromatic carbocycles. The summed E-state index contributed by atoms with van der Waals surface area (Å²) < 4.78 is 1.68. The largest absolute Gasteiger partial charge is 0.326 e. The molecule has 0 aliphatic rings. The molecular weight excluding hydrogens is 378 g/mol. The highest BCUT2D eigenvalue weighted by Crippen LogP contribution is 2.29. The molecule has 5 heteroatoms. The van der Waals surface area contributed by atoms with Crippen LogP contribution in [0.1, 0.15) is 16.8 Å². The first-order chi connectivity index (χ1) is 14.2. The highest BCUT2D eigenvalue weighted by Gasteiger charge is 2.15. The fourth-order valence-electron chi connectivity index (χ4n) is 3.84. The van der Waals surface area contributed by atoms with E-state index in [1.807, 2.05) is 66.7 Å². The van der Waals surface area contributed by atoms with E-state index in [2.05, 4.69) is 17.1 Å². The Kier molecular flexibility index (Phi) is 4.45. The molecule has 4 nitrogen and oxygen atoms in total. The van der Waals surface area contributed by atoms with Crippen molar-refractivity contribution in [2.45, 2.75) is 18.0 Å². The van der Waals surface area contributed by atoms with Crippen LogP contribution in [-0.4, -0.2) is 14.5 Å². The molecule has 0 saturated heterocycles. The molecule has 1 N–H and O–H groups in total. The first-order valence-corrected chi connectivity index (χ1v) is 9.96. The quantitative estimate of drug-likeness (QED) is 0.338. The van der Waals surface area contributed by atoms with Crippen LogP contribution in [0.15, 0.2) is 88.7 Å². The fraction of sp³-hybridized carbons (Fsp3) is 0.0833. The van der Waals surface area contributed by atoms with Crippen molar-refractivity contribution in [1.29, 1.82) is 0 Å². The number of hydrogen-bond acceptors (Lipinski definition) is 3. The number of fused-ring (bicyclic) bond motifs is 2. The van der Waals surface area contributed by atoms with E-state index in [0.29, 0.717) is 18.0 Å². The predicted molar refractivity (Wildman–Crippen MR) is 120 cm³/mol. The first-order valence-electron chi connectivity index (χ1n) is 9.51. The van der Waals surface area contributed by atoms with Crippen molar-refractivity contribution in [3.05, 3.63) is 106 Å². The second kappa shape index (κ2) is 7.26. The minimum absolute atomic E-state index is 0.142. The van der Waals surface area contributed by atoms with Crippen molar-refractivity contribution in [2.24, 2.45) is 0 Å². The maximum absolute atomic E-state index is 12.6. The SMILES string of the molecule is O=c1[nH]c(Cc2c3ccccc3nc3ccccc23)c(S)n1Cc1ccccc1. The summed E-state index contributed by atoms with van der Waals surface area (Å²) in [5.74, 6) is 0. The van der Waals surface area contributed by atoms with Crippen molar-refractivity contribution in [2.75, 3.05) is 0 Å². The summed E-state index contributed by atoms with van der Waals surface area (Å²) in [6.07, 6.45) is 0.583. The molecule has 0 aliphatic heterocycles. The normalized spacial score (nSPS) is 11.3. The van der Waals surface area contributed by atoms with E-state index < -0.39 is 0 Å². The third-order valence-electron chi connectivity index (χ3n) is 5.26. The highest BCUT2D eigenvalue weighted by atomic mass is 32.1. The van der Waals surface area contributed by atoms with E-state index in [4.69, 9.17) is 17.6 Å². The molecule has 5 rings (SSSR count). The lowest BCUT2D eigenvalue weighted by molar-refractivity contribution is 0.699. The zero-order valence-corrected chi connectivity index (χ0v) is 16.6. The molecule has 2 aromatic heterocycles. The van der Waals surface area contributed by atoms with Gasteiger partial charge >= 0.3 is 5.69 Å². The van der Waals surface area contributed by atoms with Crippen LogP contribution in [0, 0.1) is 0 Å². The number of nitrogens with zero attached hydrogens (tertiary/aromatic N) is 2. The summed E-state index contributed by atoms with van der Waals surface area (Å²) in [5, 5.41) is 2.86. The monoisotopic (exact) mass is 397 g/mol. The van der Waals surface area contributed by atoms with Gasteiger partial charge in [-0.25, -0.2) is 9.78 Å². The van der Waals surface area contributed by atoms with Gasteiger partial charge < -0.3 is 4.98 Å². The Balaban J connectivity index is 1.63. The Morgan fingerprint density at radius 1 is 0.828 bits per heavy atom. The van der Waals surface area contributed by atoms with Gasteiger partial charge in [0.15, 0.2) is 0 Å². The number of aromatic amines is 1. The maximum Gasteiger partial charge on any atom is 0.326 e. The summed E-state index contributed by atoms with van der Waals surface area (Å²) in [6.45, 7) is 0.493. The molecule has 0 amide bonds. The number of rotatable bonds is 4. The first kappa shape index (κ1) is 17.8. The van der Waals surface area contributed by atoms with Gasteiger partial charge in [-0.15, -0.1) is 12.6 Å². The summed E-state index contributed by atoms with van der Waals surface area (Å²) in [5.41, 5.74) is 4.79. The van der Waals surface area contributed by atoms with Crippen LogP contribution in [0.4, 0.5) is 0 Å². The number of hydrogen-bond donors (Lipinski definition) is 2. The average Bonchev–Trinajstić information content (AvgIpc) is 3.02. The molecule has 2 heterocycles. The molecule has 0 atom stereocenters. The van der Waals surface area contributed by atoms with E-state index in [-0.39, 0.29) is 5.69 Å². The summed E-state index contributed by atoms with van der Waals surface area (Å²) in [6, 6.07) is 26.2. The van der Waals surface area contributed by atoms with Crippen LogP contribution in [-0.2, 0) is 13.0 Å². The van der Waals surface area contributed by atoms with Crippen molar-refractivity contribution in [3.8, 4) is 0 Å². The Bertz CT molecular complexity index is 1330. The molecule has 0 spiro atoms. The third-order valence-corrected chi connectivity index (χ3v) is 5.78. The minimum atomic E-state index is -0.142. The van der Waals surface area contributed by atoms with Gasteiger partial charge in [0.2, 0.25) is 0 Å². The number of thiol groups is 1. The second-order valence-corrected chi connectivity index (χ2v) is 7.53. The van der Waals surface area contributed by atoms with Crippen molar-refractivity contribution >= 4 is 34.4 Å². The van der Waals surface area contributed by atoms with Crippen LogP contribution in [0.25, 0.3) is 21.8 Å². The number of pyridine rings is 1. The summed E-state index contributed by atoms with van der Waals surface area (Å²) in [7, 11) is 0. The smallest absolute Gasteiger partial charge is 0.308 e. The van der Waals surface area contributed by atoms with Gasteiger partial charge in [-0.3, -0.25) is 4.57 Å². The number of benzene rings is 3. The molecule has 0 bridgehead atoms. The van der Waals surface area contributed by atoms with Gasteiger partial charge in [-0.2, -0.15) is 0 Å². The topological polar surface area (TPSA) is 50.7 Å². The lowest BCUT2D eigenvalue weighted by Gasteiger charge is -2.11. The second-order valence-electron chi connectivity index (χ2n) is 7.11. The number of aromatic nitrogens is 3. The van der Waals surface area contributed by atoms with E-state index >= 15 is 0 Å². The molecule has 0 aliphatic carbocycles. The van der Waals surface area contributed by atoms with E-state index in [1.165, 1.54) is 0 Å². The third kappa shape index (κ3) is 3.23. The highest BCUT2D eigenvalue weighted by molar-refractivity contribution is 7.80. The molecule has 29 heavy (non-hydrogen) atoms. The van der Waals surface area contributed by atoms with Gasteiger partial charge in [0.25, 0.3) is 0 Å². The minimum Gasteiger partial charge on any atom is -0.308 e. The molecule has 0 unspecified atom stereocenters. The van der Waals surface area contributed by atoms with Crippen molar-refractivity contribution in [3.63, 3.8) is 0 Å². The zero-order chi connectivity index (χ0) is 19.8. The summed E-state index contributed by atoms with van der Waals surface area (Å²) in [4.78, 5) is 20.4. The van der Waals surface area contributed by atoms with Crippen LogP contribution < -0.4 is 5.69 Å². The molecule has 0 fully saturated rings. The van der Waals surface area contributed by atoms with Gasteiger partial charge in [0.1, 0.15) is 0 Å². The van der Waals surface area contributed by atoms with Gasteiger partial charge in [0.05, 0.1) is 28.3 Å². The molecule has 142 valence electrons. The lowest BCUT2D eigenvalue weighted by atomic mass is 9.99. The van der Waals surface area contributed by atoms with Gasteiger partial charge in [0, 0.05) is 17.2 Å². The van der Waals surface area contributed by atoms with Gasteiger partial charge in [-0.05, 0) is 23.3 Å². The van der Waals surface area contributed by atoms with Crippen LogP contribution in [0.2, 0.25) is 0 Å². The molecule has 0 saturated carbocycles. The Labute approximate surface area is 173 Å². The van der Waals surface area contributed by atoms with E-state index in [0.717, 1.165) is 38.6 Å². The Hall–Kier alpha value is -3.31. The average molecular weight is 398 g/mol. The van der Waals surface area contributed by atoms with Gasteiger partial charge in [-0.1, -0.05) is 66.7 Å². The molecular formula is C24H19N3OS. The number of para-hydroxylation sites is 2. The maximum atomic E-state index is 12.6. The zero-order valence-electron chi connectivity index (χ0n) is 15.7.